The Morgan fingerprint density at radius 3 is 2.80 bits per heavy atom. The van der Waals surface area contributed by atoms with Crippen LogP contribution < -0.4 is 5.32 Å². The molecule has 1 aliphatic carbocycles. The number of hydrogen-bond donors (Lipinski definition) is 1. The van der Waals surface area contributed by atoms with Crippen molar-refractivity contribution in [2.45, 2.75) is 51.6 Å². The van der Waals surface area contributed by atoms with Gasteiger partial charge in [-0.15, -0.1) is 0 Å². The molecule has 1 N–H and O–H groups in total. The normalized spacial score (nSPS) is 15.7. The molecule has 1 heterocycles. The van der Waals surface area contributed by atoms with Crippen molar-refractivity contribution in [3.8, 4) is 0 Å². The van der Waals surface area contributed by atoms with Gasteiger partial charge in [0, 0.05) is 11.9 Å². The third-order valence-electron chi connectivity index (χ3n) is 4.22. The van der Waals surface area contributed by atoms with Crippen LogP contribution in [0.5, 0.6) is 0 Å². The van der Waals surface area contributed by atoms with Gasteiger partial charge < -0.3 is 5.32 Å². The zero-order valence-corrected chi connectivity index (χ0v) is 12.2. The third kappa shape index (κ3) is 2.87. The van der Waals surface area contributed by atoms with E-state index in [0.717, 1.165) is 18.7 Å². The Morgan fingerprint density at radius 1 is 1.20 bits per heavy atom. The van der Waals surface area contributed by atoms with Gasteiger partial charge in [-0.1, -0.05) is 38.0 Å². The van der Waals surface area contributed by atoms with Gasteiger partial charge in [0.2, 0.25) is 0 Å². The number of para-hydroxylation sites is 1. The Hall–Kier alpha value is -1.77. The van der Waals surface area contributed by atoms with Gasteiger partial charge in [0.1, 0.15) is 0 Å². The monoisotopic (exact) mass is 269 g/mol. The smallest absolute Gasteiger partial charge is 0.0815 e. The van der Waals surface area contributed by atoms with E-state index in [0.29, 0.717) is 6.04 Å². The summed E-state index contributed by atoms with van der Waals surface area (Å²) in [5.41, 5.74) is 3.72. The molecule has 0 aliphatic heterocycles. The lowest BCUT2D eigenvalue weighted by Gasteiger charge is -2.10. The van der Waals surface area contributed by atoms with Crippen molar-refractivity contribution in [2.75, 3.05) is 5.32 Å². The van der Waals surface area contributed by atoms with Crippen molar-refractivity contribution in [1.29, 1.82) is 0 Å². The molecule has 2 aromatic rings. The minimum atomic E-state index is 0.631. The number of aromatic nitrogens is 2. The fourth-order valence-electron chi connectivity index (χ4n) is 3.03. The van der Waals surface area contributed by atoms with Crippen LogP contribution in [0.15, 0.2) is 36.5 Å². The molecular formula is C17H23N3. The summed E-state index contributed by atoms with van der Waals surface area (Å²) in [7, 11) is 0. The molecule has 0 spiro atoms. The van der Waals surface area contributed by atoms with Crippen molar-refractivity contribution in [3.63, 3.8) is 0 Å². The van der Waals surface area contributed by atoms with E-state index in [-0.39, 0.29) is 0 Å². The van der Waals surface area contributed by atoms with E-state index in [2.05, 4.69) is 53.5 Å². The lowest BCUT2D eigenvalue weighted by molar-refractivity contribution is 0.463. The van der Waals surface area contributed by atoms with E-state index in [1.807, 2.05) is 0 Å². The molecule has 0 saturated heterocycles. The van der Waals surface area contributed by atoms with Crippen LogP contribution in [0, 0.1) is 0 Å². The van der Waals surface area contributed by atoms with Crippen molar-refractivity contribution in [3.05, 3.63) is 47.8 Å². The van der Waals surface area contributed by atoms with Crippen LogP contribution in [0.3, 0.4) is 0 Å². The molecule has 0 bridgehead atoms. The third-order valence-corrected chi connectivity index (χ3v) is 4.22. The maximum Gasteiger partial charge on any atom is 0.0815 e. The van der Waals surface area contributed by atoms with Gasteiger partial charge in [-0.05, 0) is 37.0 Å². The first-order chi connectivity index (χ1) is 9.86. The van der Waals surface area contributed by atoms with Crippen LogP contribution in [-0.4, -0.2) is 9.78 Å². The van der Waals surface area contributed by atoms with Gasteiger partial charge in [-0.2, -0.15) is 5.10 Å². The van der Waals surface area contributed by atoms with Crippen LogP contribution in [-0.2, 0) is 13.0 Å². The molecule has 1 fully saturated rings. The number of nitrogens with zero attached hydrogens (tertiary/aromatic N) is 2. The second-order valence-electron chi connectivity index (χ2n) is 5.59. The molecule has 1 aromatic heterocycles. The molecule has 0 radical (unpaired) electrons. The molecule has 106 valence electrons. The molecule has 0 atom stereocenters. The fraction of sp³-hybridized carbons (Fsp3) is 0.471. The van der Waals surface area contributed by atoms with Gasteiger partial charge in [0.25, 0.3) is 0 Å². The topological polar surface area (TPSA) is 29.9 Å². The largest absolute Gasteiger partial charge is 0.379 e. The van der Waals surface area contributed by atoms with Crippen molar-refractivity contribution in [1.82, 2.24) is 9.78 Å². The van der Waals surface area contributed by atoms with Gasteiger partial charge in [-0.3, -0.25) is 4.68 Å². The zero-order chi connectivity index (χ0) is 13.8. The predicted molar refractivity (Wildman–Crippen MR) is 82.9 cm³/mol. The molecule has 20 heavy (non-hydrogen) atoms. The van der Waals surface area contributed by atoms with Crippen LogP contribution in [0.1, 0.15) is 49.9 Å². The zero-order valence-electron chi connectivity index (χ0n) is 12.2. The van der Waals surface area contributed by atoms with Crippen molar-refractivity contribution < 1.29 is 0 Å². The standard InChI is InChI=1S/C17H23N3/c1-2-14-7-3-6-10-17(14)18-13-15-11-12-20(19-15)16-8-4-5-9-16/h3,6-7,10-12,16,18H,2,4-5,8-9,13H2,1H3. The molecule has 3 nitrogen and oxygen atoms in total. The van der Waals surface area contributed by atoms with Crippen molar-refractivity contribution >= 4 is 5.69 Å². The highest BCUT2D eigenvalue weighted by Gasteiger charge is 2.17. The van der Waals surface area contributed by atoms with E-state index in [9.17, 15) is 0 Å². The first kappa shape index (κ1) is 13.2. The predicted octanol–water partition coefficient (Wildman–Crippen LogP) is 4.17. The number of rotatable bonds is 5. The van der Waals surface area contributed by atoms with E-state index in [4.69, 9.17) is 5.10 Å². The van der Waals surface area contributed by atoms with Gasteiger partial charge in [0.15, 0.2) is 0 Å². The summed E-state index contributed by atoms with van der Waals surface area (Å²) in [4.78, 5) is 0. The Labute approximate surface area is 121 Å². The molecule has 1 saturated carbocycles. The van der Waals surface area contributed by atoms with Crippen LogP contribution in [0.4, 0.5) is 5.69 Å². The summed E-state index contributed by atoms with van der Waals surface area (Å²) >= 11 is 0. The highest BCUT2D eigenvalue weighted by molar-refractivity contribution is 5.51. The molecule has 1 aliphatic rings. The first-order valence-electron chi connectivity index (χ1n) is 7.72. The maximum absolute atomic E-state index is 4.72. The number of anilines is 1. The van der Waals surface area contributed by atoms with E-state index < -0.39 is 0 Å². The lowest BCUT2D eigenvalue weighted by atomic mass is 10.1. The van der Waals surface area contributed by atoms with Crippen molar-refractivity contribution in [2.24, 2.45) is 0 Å². The number of benzene rings is 1. The lowest BCUT2D eigenvalue weighted by Crippen LogP contribution is -2.07. The Balaban J connectivity index is 1.63. The van der Waals surface area contributed by atoms with Crippen LogP contribution in [0.2, 0.25) is 0 Å². The summed E-state index contributed by atoms with van der Waals surface area (Å²) in [6, 6.07) is 11.3. The molecule has 3 rings (SSSR count). The van der Waals surface area contributed by atoms with E-state index in [1.54, 1.807) is 0 Å². The minimum absolute atomic E-state index is 0.631. The van der Waals surface area contributed by atoms with E-state index >= 15 is 0 Å². The second kappa shape index (κ2) is 6.12. The number of hydrogen-bond acceptors (Lipinski definition) is 2. The number of aryl methyl sites for hydroxylation is 1. The molecular weight excluding hydrogens is 246 g/mol. The summed E-state index contributed by atoms with van der Waals surface area (Å²) < 4.78 is 2.16. The Morgan fingerprint density at radius 2 is 2.00 bits per heavy atom. The molecule has 3 heteroatoms. The highest BCUT2D eigenvalue weighted by atomic mass is 15.3. The highest BCUT2D eigenvalue weighted by Crippen LogP contribution is 2.28. The Bertz CT molecular complexity index is 553. The van der Waals surface area contributed by atoms with Gasteiger partial charge in [-0.25, -0.2) is 0 Å². The quantitative estimate of drug-likeness (QED) is 0.882. The second-order valence-corrected chi connectivity index (χ2v) is 5.59. The average molecular weight is 269 g/mol. The SMILES string of the molecule is CCc1ccccc1NCc1ccn(C2CCCC2)n1. The van der Waals surface area contributed by atoms with Crippen LogP contribution >= 0.6 is 0 Å². The van der Waals surface area contributed by atoms with Crippen LogP contribution in [0.25, 0.3) is 0 Å². The summed E-state index contributed by atoms with van der Waals surface area (Å²) in [6.45, 7) is 2.99. The van der Waals surface area contributed by atoms with Gasteiger partial charge in [0.05, 0.1) is 18.3 Å². The fourth-order valence-corrected chi connectivity index (χ4v) is 3.03. The molecule has 1 aromatic carbocycles. The maximum atomic E-state index is 4.72. The minimum Gasteiger partial charge on any atom is -0.379 e. The summed E-state index contributed by atoms with van der Waals surface area (Å²) in [5.74, 6) is 0. The van der Waals surface area contributed by atoms with Gasteiger partial charge >= 0.3 is 0 Å². The number of nitrogens with one attached hydrogen (secondary N) is 1. The van der Waals surface area contributed by atoms with E-state index in [1.165, 1.54) is 36.9 Å². The Kier molecular flexibility index (Phi) is 4.05. The summed E-state index contributed by atoms with van der Waals surface area (Å²) in [6.07, 6.45) is 8.46. The molecule has 0 unspecified atom stereocenters. The average Bonchev–Trinajstić information content (AvgIpc) is 3.16. The summed E-state index contributed by atoms with van der Waals surface area (Å²) in [5, 5.41) is 8.23. The molecule has 0 amide bonds. The first-order valence-corrected chi connectivity index (χ1v) is 7.72.